The van der Waals surface area contributed by atoms with E-state index in [2.05, 4.69) is 25.9 Å². The fraction of sp³-hybridized carbons (Fsp3) is 0.500. The molecule has 1 heterocycles. The van der Waals surface area contributed by atoms with E-state index in [1.54, 1.807) is 20.0 Å². The predicted octanol–water partition coefficient (Wildman–Crippen LogP) is 0.375. The standard InChI is InChI=1S/C10H17N5O/c1-4-12-10(16)6-13-9-5-8(11-3)14-7(2)15-9/h5H,4,6H2,1-3H3,(H,12,16)(H2,11,13,14,15). The average Bonchev–Trinajstić information content (AvgIpc) is 2.26. The highest BCUT2D eigenvalue weighted by Gasteiger charge is 2.02. The van der Waals surface area contributed by atoms with Crippen molar-refractivity contribution in [2.75, 3.05) is 30.8 Å². The fourth-order valence-electron chi connectivity index (χ4n) is 1.22. The van der Waals surface area contributed by atoms with Gasteiger partial charge in [0.2, 0.25) is 5.91 Å². The molecular weight excluding hydrogens is 206 g/mol. The number of carbonyl (C=O) groups excluding carboxylic acids is 1. The summed E-state index contributed by atoms with van der Waals surface area (Å²) in [6, 6.07) is 1.76. The van der Waals surface area contributed by atoms with Crippen molar-refractivity contribution in [3.63, 3.8) is 0 Å². The number of nitrogens with one attached hydrogen (secondary N) is 3. The summed E-state index contributed by atoms with van der Waals surface area (Å²) in [7, 11) is 1.79. The first-order valence-electron chi connectivity index (χ1n) is 5.19. The highest BCUT2D eigenvalue weighted by molar-refractivity contribution is 5.80. The lowest BCUT2D eigenvalue weighted by Gasteiger charge is -2.08. The van der Waals surface area contributed by atoms with Crippen LogP contribution in [0.2, 0.25) is 0 Å². The molecule has 0 bridgehead atoms. The van der Waals surface area contributed by atoms with Crippen LogP contribution in [0.25, 0.3) is 0 Å². The minimum Gasteiger partial charge on any atom is -0.373 e. The smallest absolute Gasteiger partial charge is 0.239 e. The molecule has 0 radical (unpaired) electrons. The zero-order valence-electron chi connectivity index (χ0n) is 9.79. The number of likely N-dealkylation sites (N-methyl/N-ethyl adjacent to an activating group) is 1. The number of hydrogen-bond donors (Lipinski definition) is 3. The number of aromatic nitrogens is 2. The summed E-state index contributed by atoms with van der Waals surface area (Å²) in [5.41, 5.74) is 0. The molecule has 1 aromatic heterocycles. The topological polar surface area (TPSA) is 78.9 Å². The van der Waals surface area contributed by atoms with Gasteiger partial charge in [-0.15, -0.1) is 0 Å². The molecule has 0 aliphatic carbocycles. The zero-order valence-corrected chi connectivity index (χ0v) is 9.79. The first kappa shape index (κ1) is 12.2. The second-order valence-electron chi connectivity index (χ2n) is 3.24. The van der Waals surface area contributed by atoms with Crippen LogP contribution in [0.1, 0.15) is 12.7 Å². The summed E-state index contributed by atoms with van der Waals surface area (Å²) in [6.45, 7) is 4.53. The lowest BCUT2D eigenvalue weighted by molar-refractivity contribution is -0.119. The molecule has 1 aromatic rings. The van der Waals surface area contributed by atoms with Gasteiger partial charge in [-0.25, -0.2) is 9.97 Å². The molecule has 0 saturated carbocycles. The summed E-state index contributed by atoms with van der Waals surface area (Å²) in [4.78, 5) is 19.5. The minimum atomic E-state index is -0.0511. The summed E-state index contributed by atoms with van der Waals surface area (Å²) >= 11 is 0. The Morgan fingerprint density at radius 1 is 1.38 bits per heavy atom. The maximum absolute atomic E-state index is 11.2. The van der Waals surface area contributed by atoms with Crippen LogP contribution in [0.4, 0.5) is 11.6 Å². The van der Waals surface area contributed by atoms with E-state index < -0.39 is 0 Å². The van der Waals surface area contributed by atoms with Crippen LogP contribution in [-0.2, 0) is 4.79 Å². The number of hydrogen-bond acceptors (Lipinski definition) is 5. The number of nitrogens with zero attached hydrogens (tertiary/aromatic N) is 2. The zero-order chi connectivity index (χ0) is 12.0. The number of carbonyl (C=O) groups is 1. The molecule has 0 fully saturated rings. The summed E-state index contributed by atoms with van der Waals surface area (Å²) in [5.74, 6) is 1.98. The predicted molar refractivity (Wildman–Crippen MR) is 63.5 cm³/mol. The number of rotatable bonds is 5. The van der Waals surface area contributed by atoms with Gasteiger partial charge >= 0.3 is 0 Å². The molecule has 0 spiro atoms. The van der Waals surface area contributed by atoms with Gasteiger partial charge in [-0.05, 0) is 13.8 Å². The van der Waals surface area contributed by atoms with Crippen LogP contribution < -0.4 is 16.0 Å². The molecule has 88 valence electrons. The Hall–Kier alpha value is -1.85. The fourth-order valence-corrected chi connectivity index (χ4v) is 1.22. The molecule has 0 aromatic carbocycles. The molecule has 0 aliphatic rings. The van der Waals surface area contributed by atoms with Gasteiger partial charge in [0.25, 0.3) is 0 Å². The van der Waals surface area contributed by atoms with Crippen molar-refractivity contribution in [3.8, 4) is 0 Å². The maximum atomic E-state index is 11.2. The van der Waals surface area contributed by atoms with Crippen LogP contribution in [-0.4, -0.2) is 36.0 Å². The van der Waals surface area contributed by atoms with Gasteiger partial charge in [0, 0.05) is 19.7 Å². The van der Waals surface area contributed by atoms with E-state index in [9.17, 15) is 4.79 Å². The van der Waals surface area contributed by atoms with E-state index >= 15 is 0 Å². The molecule has 0 atom stereocenters. The van der Waals surface area contributed by atoms with Gasteiger partial charge in [-0.3, -0.25) is 4.79 Å². The van der Waals surface area contributed by atoms with Crippen LogP contribution >= 0.6 is 0 Å². The van der Waals surface area contributed by atoms with Gasteiger partial charge in [-0.2, -0.15) is 0 Å². The number of anilines is 2. The third-order valence-electron chi connectivity index (χ3n) is 1.90. The van der Waals surface area contributed by atoms with Crippen molar-refractivity contribution >= 4 is 17.5 Å². The third kappa shape index (κ3) is 3.72. The SMILES string of the molecule is CCNC(=O)CNc1cc(NC)nc(C)n1. The van der Waals surface area contributed by atoms with Crippen LogP contribution in [0, 0.1) is 6.92 Å². The first-order chi connectivity index (χ1) is 7.65. The van der Waals surface area contributed by atoms with Crippen LogP contribution in [0.5, 0.6) is 0 Å². The van der Waals surface area contributed by atoms with Gasteiger partial charge in [0.1, 0.15) is 17.5 Å². The Bertz CT molecular complexity index is 366. The Morgan fingerprint density at radius 3 is 2.69 bits per heavy atom. The Kier molecular flexibility index (Phi) is 4.50. The molecule has 0 saturated heterocycles. The first-order valence-corrected chi connectivity index (χ1v) is 5.19. The largest absolute Gasteiger partial charge is 0.373 e. The van der Waals surface area contributed by atoms with Gasteiger partial charge in [-0.1, -0.05) is 0 Å². The average molecular weight is 223 g/mol. The molecule has 3 N–H and O–H groups in total. The third-order valence-corrected chi connectivity index (χ3v) is 1.90. The molecule has 6 heteroatoms. The number of aryl methyl sites for hydroxylation is 1. The molecule has 0 aliphatic heterocycles. The van der Waals surface area contributed by atoms with E-state index in [-0.39, 0.29) is 12.5 Å². The molecule has 6 nitrogen and oxygen atoms in total. The normalized spacial score (nSPS) is 9.69. The highest BCUT2D eigenvalue weighted by atomic mass is 16.1. The Balaban J connectivity index is 2.59. The molecule has 16 heavy (non-hydrogen) atoms. The van der Waals surface area contributed by atoms with E-state index in [4.69, 9.17) is 0 Å². The van der Waals surface area contributed by atoms with Gasteiger partial charge in [0.15, 0.2) is 0 Å². The van der Waals surface area contributed by atoms with Crippen molar-refractivity contribution in [2.24, 2.45) is 0 Å². The molecular formula is C10H17N5O. The van der Waals surface area contributed by atoms with Crippen LogP contribution in [0.3, 0.4) is 0 Å². The molecule has 1 amide bonds. The van der Waals surface area contributed by atoms with E-state index in [0.717, 1.165) is 5.82 Å². The van der Waals surface area contributed by atoms with Crippen LogP contribution in [0.15, 0.2) is 6.07 Å². The Morgan fingerprint density at radius 2 is 2.06 bits per heavy atom. The van der Waals surface area contributed by atoms with Crippen molar-refractivity contribution in [1.82, 2.24) is 15.3 Å². The maximum Gasteiger partial charge on any atom is 0.239 e. The highest BCUT2D eigenvalue weighted by Crippen LogP contribution is 2.09. The minimum absolute atomic E-state index is 0.0511. The van der Waals surface area contributed by atoms with Gasteiger partial charge < -0.3 is 16.0 Å². The quantitative estimate of drug-likeness (QED) is 0.672. The van der Waals surface area contributed by atoms with Gasteiger partial charge in [0.05, 0.1) is 6.54 Å². The van der Waals surface area contributed by atoms with Crippen molar-refractivity contribution in [2.45, 2.75) is 13.8 Å². The van der Waals surface area contributed by atoms with Crippen molar-refractivity contribution in [1.29, 1.82) is 0 Å². The molecule has 1 rings (SSSR count). The number of amides is 1. The van der Waals surface area contributed by atoms with Crippen molar-refractivity contribution in [3.05, 3.63) is 11.9 Å². The summed E-state index contributed by atoms with van der Waals surface area (Å²) < 4.78 is 0. The lowest BCUT2D eigenvalue weighted by atomic mass is 10.4. The summed E-state index contributed by atoms with van der Waals surface area (Å²) in [6.07, 6.45) is 0. The second kappa shape index (κ2) is 5.89. The van der Waals surface area contributed by atoms with Crippen molar-refractivity contribution < 1.29 is 4.79 Å². The monoisotopic (exact) mass is 223 g/mol. The molecule has 0 unspecified atom stereocenters. The second-order valence-corrected chi connectivity index (χ2v) is 3.24. The van der Waals surface area contributed by atoms with E-state index in [0.29, 0.717) is 18.2 Å². The summed E-state index contributed by atoms with van der Waals surface area (Å²) in [5, 5.41) is 8.57. The van der Waals surface area contributed by atoms with E-state index in [1.807, 2.05) is 6.92 Å². The lowest BCUT2D eigenvalue weighted by Crippen LogP contribution is -2.29. The van der Waals surface area contributed by atoms with E-state index in [1.165, 1.54) is 0 Å². The Labute approximate surface area is 94.9 Å².